The molecular weight excluding hydrogens is 275 g/mol. The highest BCUT2D eigenvalue weighted by Crippen LogP contribution is 2.31. The number of carbonyl (C=O) groups is 1. The summed E-state index contributed by atoms with van der Waals surface area (Å²) in [5.41, 5.74) is 0.589. The molecule has 1 atom stereocenters. The van der Waals surface area contributed by atoms with Crippen LogP contribution in [0.4, 0.5) is 0 Å². The van der Waals surface area contributed by atoms with Gasteiger partial charge in [-0.2, -0.15) is 0 Å². The largest absolute Gasteiger partial charge is 0.506 e. The summed E-state index contributed by atoms with van der Waals surface area (Å²) in [6.45, 7) is 1.08. The second kappa shape index (κ2) is 5.78. The quantitative estimate of drug-likeness (QED) is 0.798. The van der Waals surface area contributed by atoms with Gasteiger partial charge in [0.1, 0.15) is 5.75 Å². The van der Waals surface area contributed by atoms with Crippen LogP contribution in [0.5, 0.6) is 5.75 Å². The Hall–Kier alpha value is -0.970. The van der Waals surface area contributed by atoms with Crippen molar-refractivity contribution in [2.75, 3.05) is 6.54 Å². The minimum atomic E-state index is -0.226. The third-order valence-electron chi connectivity index (χ3n) is 2.93. The number of carbonyl (C=O) groups excluding carboxylic acids is 1. The molecule has 3 N–H and O–H groups in total. The molecule has 1 aromatic rings. The van der Waals surface area contributed by atoms with E-state index in [-0.39, 0.29) is 22.7 Å². The van der Waals surface area contributed by atoms with Crippen LogP contribution in [0.1, 0.15) is 18.4 Å². The normalized spacial score (nSPS) is 19.7. The van der Waals surface area contributed by atoms with Crippen LogP contribution < -0.4 is 10.6 Å². The molecule has 2 rings (SSSR count). The third kappa shape index (κ3) is 3.07. The molecule has 6 heteroatoms. The molecule has 1 fully saturated rings. The monoisotopic (exact) mass is 288 g/mol. The maximum atomic E-state index is 11.5. The van der Waals surface area contributed by atoms with Gasteiger partial charge in [0.15, 0.2) is 0 Å². The Morgan fingerprint density at radius 2 is 2.22 bits per heavy atom. The van der Waals surface area contributed by atoms with Gasteiger partial charge in [0.05, 0.1) is 11.1 Å². The van der Waals surface area contributed by atoms with Gasteiger partial charge in [0.2, 0.25) is 5.91 Å². The fourth-order valence-corrected chi connectivity index (χ4v) is 2.49. The van der Waals surface area contributed by atoms with Gasteiger partial charge in [0, 0.05) is 23.7 Å². The van der Waals surface area contributed by atoms with E-state index in [2.05, 4.69) is 10.6 Å². The fourth-order valence-electron chi connectivity index (χ4n) is 1.95. The highest BCUT2D eigenvalue weighted by molar-refractivity contribution is 6.35. The van der Waals surface area contributed by atoms with Crippen LogP contribution in [0.2, 0.25) is 10.0 Å². The van der Waals surface area contributed by atoms with E-state index in [1.807, 2.05) is 0 Å². The molecule has 1 amide bonds. The molecule has 1 saturated heterocycles. The number of phenols is 1. The lowest BCUT2D eigenvalue weighted by molar-refractivity contribution is -0.124. The Morgan fingerprint density at radius 3 is 2.94 bits per heavy atom. The Balaban J connectivity index is 2.03. The first-order valence-electron chi connectivity index (χ1n) is 5.76. The van der Waals surface area contributed by atoms with Gasteiger partial charge in [-0.05, 0) is 25.0 Å². The van der Waals surface area contributed by atoms with Crippen molar-refractivity contribution in [3.63, 3.8) is 0 Å². The number of halogens is 2. The predicted octanol–water partition coefficient (Wildman–Crippen LogP) is 2.07. The molecule has 0 saturated carbocycles. The first-order chi connectivity index (χ1) is 8.58. The smallest absolute Gasteiger partial charge is 0.237 e. The Bertz CT molecular complexity index is 466. The number of hydrogen-bond acceptors (Lipinski definition) is 3. The molecule has 0 aliphatic carbocycles. The van der Waals surface area contributed by atoms with E-state index in [4.69, 9.17) is 23.2 Å². The third-order valence-corrected chi connectivity index (χ3v) is 3.44. The zero-order valence-corrected chi connectivity index (χ0v) is 11.2. The van der Waals surface area contributed by atoms with E-state index in [0.717, 1.165) is 19.4 Å². The lowest BCUT2D eigenvalue weighted by Crippen LogP contribution is -2.47. The van der Waals surface area contributed by atoms with E-state index in [9.17, 15) is 9.90 Å². The van der Waals surface area contributed by atoms with Gasteiger partial charge in [-0.25, -0.2) is 0 Å². The zero-order valence-electron chi connectivity index (χ0n) is 9.67. The standard InChI is InChI=1S/C12H14Cl2N2O2/c13-8-4-7(11(17)9(14)5-8)6-16-10-2-1-3-15-12(10)18/h4-5,10,16-17H,1-3,6H2,(H,15,18). The van der Waals surface area contributed by atoms with Crippen molar-refractivity contribution in [1.29, 1.82) is 0 Å². The Labute approximate surface area is 115 Å². The molecule has 0 aromatic heterocycles. The molecule has 0 bridgehead atoms. The zero-order chi connectivity index (χ0) is 13.1. The molecule has 98 valence electrons. The number of piperidine rings is 1. The van der Waals surface area contributed by atoms with Crippen LogP contribution in [0.3, 0.4) is 0 Å². The summed E-state index contributed by atoms with van der Waals surface area (Å²) in [5, 5.41) is 16.3. The number of hydrogen-bond donors (Lipinski definition) is 3. The maximum Gasteiger partial charge on any atom is 0.237 e. The minimum Gasteiger partial charge on any atom is -0.506 e. The molecule has 1 heterocycles. The van der Waals surface area contributed by atoms with Crippen LogP contribution in [0, 0.1) is 0 Å². The predicted molar refractivity (Wildman–Crippen MR) is 71.0 cm³/mol. The summed E-state index contributed by atoms with van der Waals surface area (Å²) < 4.78 is 0. The van der Waals surface area contributed by atoms with E-state index in [1.54, 1.807) is 6.07 Å². The topological polar surface area (TPSA) is 61.4 Å². The lowest BCUT2D eigenvalue weighted by Gasteiger charge is -2.23. The van der Waals surface area contributed by atoms with Gasteiger partial charge in [-0.1, -0.05) is 23.2 Å². The SMILES string of the molecule is O=C1NCCCC1NCc1cc(Cl)cc(Cl)c1O. The minimum absolute atomic E-state index is 0.00443. The van der Waals surface area contributed by atoms with Crippen molar-refractivity contribution in [2.45, 2.75) is 25.4 Å². The van der Waals surface area contributed by atoms with Crippen LogP contribution in [-0.4, -0.2) is 23.6 Å². The number of aromatic hydroxyl groups is 1. The van der Waals surface area contributed by atoms with Gasteiger partial charge < -0.3 is 15.7 Å². The summed E-state index contributed by atoms with van der Waals surface area (Å²) in [6, 6.07) is 2.89. The first kappa shape index (κ1) is 13.5. The second-order valence-electron chi connectivity index (χ2n) is 4.26. The summed E-state index contributed by atoms with van der Waals surface area (Å²) in [6.07, 6.45) is 1.74. The average Bonchev–Trinajstić information content (AvgIpc) is 2.33. The van der Waals surface area contributed by atoms with Gasteiger partial charge in [-0.15, -0.1) is 0 Å². The van der Waals surface area contributed by atoms with Gasteiger partial charge >= 0.3 is 0 Å². The number of amides is 1. The molecule has 1 unspecified atom stereocenters. The van der Waals surface area contributed by atoms with E-state index in [0.29, 0.717) is 17.1 Å². The summed E-state index contributed by atoms with van der Waals surface area (Å²) >= 11 is 11.7. The van der Waals surface area contributed by atoms with Crippen LogP contribution >= 0.6 is 23.2 Å². The molecule has 18 heavy (non-hydrogen) atoms. The van der Waals surface area contributed by atoms with Gasteiger partial charge in [0.25, 0.3) is 0 Å². The van der Waals surface area contributed by atoms with Gasteiger partial charge in [-0.3, -0.25) is 4.79 Å². The molecule has 0 radical (unpaired) electrons. The highest BCUT2D eigenvalue weighted by atomic mass is 35.5. The summed E-state index contributed by atoms with van der Waals surface area (Å²) in [5.74, 6) is -0.00125. The van der Waals surface area contributed by atoms with Crippen molar-refractivity contribution in [3.05, 3.63) is 27.7 Å². The highest BCUT2D eigenvalue weighted by Gasteiger charge is 2.21. The van der Waals surface area contributed by atoms with Crippen LogP contribution in [0.25, 0.3) is 0 Å². The van der Waals surface area contributed by atoms with Crippen LogP contribution in [0.15, 0.2) is 12.1 Å². The average molecular weight is 289 g/mol. The van der Waals surface area contributed by atoms with Crippen molar-refractivity contribution in [1.82, 2.24) is 10.6 Å². The van der Waals surface area contributed by atoms with Crippen molar-refractivity contribution in [3.8, 4) is 5.75 Å². The summed E-state index contributed by atoms with van der Waals surface area (Å²) in [4.78, 5) is 11.5. The number of phenolic OH excluding ortho intramolecular Hbond substituents is 1. The fraction of sp³-hybridized carbons (Fsp3) is 0.417. The Kier molecular flexibility index (Phi) is 4.32. The number of nitrogens with one attached hydrogen (secondary N) is 2. The molecule has 4 nitrogen and oxygen atoms in total. The summed E-state index contributed by atoms with van der Waals surface area (Å²) in [7, 11) is 0. The number of rotatable bonds is 3. The van der Waals surface area contributed by atoms with E-state index in [1.165, 1.54) is 6.07 Å². The molecule has 0 spiro atoms. The Morgan fingerprint density at radius 1 is 1.44 bits per heavy atom. The molecular formula is C12H14Cl2N2O2. The van der Waals surface area contributed by atoms with E-state index < -0.39 is 0 Å². The van der Waals surface area contributed by atoms with Crippen molar-refractivity contribution >= 4 is 29.1 Å². The maximum absolute atomic E-state index is 11.5. The second-order valence-corrected chi connectivity index (χ2v) is 5.11. The number of benzene rings is 1. The van der Waals surface area contributed by atoms with Crippen LogP contribution in [-0.2, 0) is 11.3 Å². The first-order valence-corrected chi connectivity index (χ1v) is 6.51. The van der Waals surface area contributed by atoms with Crippen molar-refractivity contribution < 1.29 is 9.90 Å². The van der Waals surface area contributed by atoms with E-state index >= 15 is 0 Å². The lowest BCUT2D eigenvalue weighted by atomic mass is 10.1. The molecule has 1 aromatic carbocycles. The molecule has 1 aliphatic rings. The van der Waals surface area contributed by atoms with Crippen molar-refractivity contribution in [2.24, 2.45) is 0 Å². The molecule has 1 aliphatic heterocycles.